The molecule has 8 nitrogen and oxygen atoms in total. The van der Waals surface area contributed by atoms with Crippen molar-refractivity contribution in [1.82, 2.24) is 0 Å². The lowest BCUT2D eigenvalue weighted by Crippen LogP contribution is -2.53. The number of ether oxygens (including phenoxy) is 2. The Morgan fingerprint density at radius 3 is 1.07 bits per heavy atom. The lowest BCUT2D eigenvalue weighted by molar-refractivity contribution is -0.375. The van der Waals surface area contributed by atoms with Gasteiger partial charge in [-0.1, -0.05) is 148 Å². The number of halogens is 9. The monoisotopic (exact) mass is 1960 g/mol. The van der Waals surface area contributed by atoms with Crippen molar-refractivity contribution in [3.8, 4) is 58.5 Å². The molecule has 0 saturated heterocycles. The molecule has 0 aliphatic heterocycles. The number of hydrogen-bond acceptors (Lipinski definition) is 20. The van der Waals surface area contributed by atoms with E-state index >= 15 is 0 Å². The van der Waals surface area contributed by atoms with Gasteiger partial charge >= 0.3 is 12.4 Å². The van der Waals surface area contributed by atoms with Gasteiger partial charge < -0.3 is 40.1 Å². The second kappa shape index (κ2) is 41.8. The molecule has 12 aromatic heterocycles. The van der Waals surface area contributed by atoms with Crippen LogP contribution in [0.5, 0.6) is 0 Å². The molecular formula is C92H83BrCl2F6O8S12. The quantitative estimate of drug-likeness (QED) is 0.0291. The zero-order valence-electron chi connectivity index (χ0n) is 66.1. The third-order valence-corrected chi connectivity index (χ3v) is 32.3. The third kappa shape index (κ3) is 23.5. The van der Waals surface area contributed by atoms with Gasteiger partial charge in [0.15, 0.2) is 6.29 Å². The first-order valence-corrected chi connectivity index (χ1v) is 49.1. The Balaban J connectivity index is 0.000000142. The van der Waals surface area contributed by atoms with Gasteiger partial charge in [0.2, 0.25) is 0 Å². The van der Waals surface area contributed by atoms with Crippen molar-refractivity contribution in [2.24, 2.45) is 0 Å². The molecule has 0 radical (unpaired) electrons. The molecule has 12 heterocycles. The number of hydrogen-bond donors (Lipinski definition) is 6. The number of thiophene rings is 12. The molecule has 6 N–H and O–H groups in total. The van der Waals surface area contributed by atoms with Gasteiger partial charge in [-0.15, -0.1) is 136 Å². The van der Waals surface area contributed by atoms with E-state index in [1.54, 1.807) is 120 Å². The Bertz CT molecular complexity index is 5780. The van der Waals surface area contributed by atoms with Gasteiger partial charge in [0, 0.05) is 111 Å². The molecule has 29 heteroatoms. The van der Waals surface area contributed by atoms with Crippen LogP contribution in [-0.4, -0.2) is 63.5 Å². The highest BCUT2D eigenvalue weighted by Gasteiger charge is 2.72. The van der Waals surface area contributed by atoms with Crippen LogP contribution >= 0.6 is 175 Å². The zero-order chi connectivity index (χ0) is 87.1. The molecule has 5 atom stereocenters. The number of alkyl halides is 6. The number of aliphatic hydroxyl groups is 6. The fraction of sp³-hybridized carbons (Fsp3) is 0.217. The van der Waals surface area contributed by atoms with Gasteiger partial charge in [0.25, 0.3) is 5.60 Å². The van der Waals surface area contributed by atoms with E-state index in [-0.39, 0.29) is 9.75 Å². The molecule has 16 aromatic rings. The molecule has 121 heavy (non-hydrogen) atoms. The molecule has 0 saturated carbocycles. The fourth-order valence-corrected chi connectivity index (χ4v) is 25.4. The van der Waals surface area contributed by atoms with Crippen LogP contribution < -0.4 is 0 Å². The predicted octanol–water partition coefficient (Wildman–Crippen LogP) is 30.0. The summed E-state index contributed by atoms with van der Waals surface area (Å²) in [6.45, 7) is 11.3. The maximum Gasteiger partial charge on any atom is 0.430 e. The minimum atomic E-state index is -5.86. The van der Waals surface area contributed by atoms with E-state index in [2.05, 4.69) is 123 Å². The van der Waals surface area contributed by atoms with Gasteiger partial charge in [-0.3, -0.25) is 0 Å². The average Bonchev–Trinajstić information content (AvgIpc) is 1.70. The maximum absolute atomic E-state index is 12.8. The number of benzene rings is 4. The summed E-state index contributed by atoms with van der Waals surface area (Å²) in [5.41, 5.74) is -0.891. The second-order valence-corrected chi connectivity index (χ2v) is 41.6. The van der Waals surface area contributed by atoms with E-state index in [0.29, 0.717) is 46.7 Å². The highest BCUT2D eigenvalue weighted by atomic mass is 79.9. The molecule has 634 valence electrons. The van der Waals surface area contributed by atoms with Crippen molar-refractivity contribution in [1.29, 1.82) is 0 Å². The summed E-state index contributed by atoms with van der Waals surface area (Å²) >= 11 is 34.2. The molecule has 5 unspecified atom stereocenters. The number of rotatable bonds is 22. The largest absolute Gasteiger partial charge is 0.430 e. The summed E-state index contributed by atoms with van der Waals surface area (Å²) in [6, 6.07) is 65.7. The molecule has 0 aliphatic rings. The van der Waals surface area contributed by atoms with Crippen LogP contribution in [0.15, 0.2) is 275 Å². The van der Waals surface area contributed by atoms with Gasteiger partial charge in [-0.25, -0.2) is 0 Å². The van der Waals surface area contributed by atoms with E-state index in [0.717, 1.165) is 85.2 Å². The first-order chi connectivity index (χ1) is 57.5. The zero-order valence-corrected chi connectivity index (χ0v) is 79.0. The van der Waals surface area contributed by atoms with Crippen molar-refractivity contribution < 1.29 is 66.5 Å². The molecule has 0 fully saturated rings. The van der Waals surface area contributed by atoms with Crippen molar-refractivity contribution in [2.45, 2.75) is 113 Å². The van der Waals surface area contributed by atoms with Crippen LogP contribution in [0.2, 0.25) is 10.0 Å². The summed E-state index contributed by atoms with van der Waals surface area (Å²) in [5, 5.41) is 88.4. The fourth-order valence-electron chi connectivity index (χ4n) is 13.4. The van der Waals surface area contributed by atoms with Crippen molar-refractivity contribution in [3.05, 3.63) is 347 Å². The highest BCUT2D eigenvalue weighted by molar-refractivity contribution is 9.10. The predicted molar refractivity (Wildman–Crippen MR) is 506 cm³/mol. The third-order valence-electron chi connectivity index (χ3n) is 19.3. The Labute approximate surface area is 766 Å². The Morgan fingerprint density at radius 1 is 0.347 bits per heavy atom. The van der Waals surface area contributed by atoms with Crippen LogP contribution in [0.25, 0.3) is 58.5 Å². The summed E-state index contributed by atoms with van der Waals surface area (Å²) < 4.78 is 88.4. The standard InChI is InChI=1S/C18H18OS2.C17H15BrOS2.C17H15ClOS2.C16H13ClOS2.C13H16O3S2.C11H6F6OS2/c1-13-5-3-6-14(11-13)12-18(2,19)15-8-10-21-17(15)16-7-4-9-20-16;1-17(19,11-12-4-6-13(18)7-5-12)14-8-10-21-16(14)15-3-2-9-20-15;1-17(19,11-12-5-2-3-6-14(12)18)13-8-10-21-16(13)15-7-4-9-20-15;1-16(18,11-4-2-5-12(17)10-11)13-7-9-20-15(13)14-6-3-8-19-14;1-13(14,12(15-2)16-3)9-6-8-18-11(9)10-5-4-7-17-10;12-10(13,14)9(18,11(15,16)17)6-3-5-20-8(6)7-2-1-4-19-7/h3-11,19H,12H2,1-2H3;2*2-10,19H,11H2,1H3;2-10,18H,1H3;4-8,12,14H,1-3H3;1-5,18H. The van der Waals surface area contributed by atoms with E-state index < -0.39 is 57.8 Å². The smallest absolute Gasteiger partial charge is 0.385 e. The molecule has 0 spiro atoms. The highest BCUT2D eigenvalue weighted by Crippen LogP contribution is 2.55. The van der Waals surface area contributed by atoms with Gasteiger partial charge in [-0.2, -0.15) is 26.3 Å². The normalized spacial score (nSPS) is 14.1. The Kier molecular flexibility index (Phi) is 32.9. The molecule has 0 bridgehead atoms. The van der Waals surface area contributed by atoms with E-state index in [9.17, 15) is 57.0 Å². The average molecular weight is 1970 g/mol. The molecule has 4 aromatic carbocycles. The van der Waals surface area contributed by atoms with Gasteiger partial charge in [0.1, 0.15) is 11.2 Å². The Morgan fingerprint density at radius 2 is 0.694 bits per heavy atom. The first-order valence-electron chi connectivity index (χ1n) is 37.0. The molecule has 16 rings (SSSR count). The lowest BCUT2D eigenvalue weighted by Gasteiger charge is -2.32. The summed E-state index contributed by atoms with van der Waals surface area (Å²) in [5.74, 6) is 0. The summed E-state index contributed by atoms with van der Waals surface area (Å²) in [6.07, 6.45) is -10.7. The SMILES string of the molecule is CC(O)(Cc1ccc(Br)cc1)c1ccsc1-c1cccs1.CC(O)(Cc1ccccc1Cl)c1ccsc1-c1cccs1.CC(O)(c1cccc(Cl)c1)c1ccsc1-c1cccs1.COC(OC)C(C)(O)c1ccsc1-c1cccs1.Cc1cccc(CC(C)(O)c2ccsc2-c2cccs2)c1.OC(c1ccsc1-c1cccs1)(C(F)(F)F)C(F)(F)F. The molecule has 0 aliphatic carbocycles. The summed E-state index contributed by atoms with van der Waals surface area (Å²) in [7, 11) is 3.06. The van der Waals surface area contributed by atoms with Crippen LogP contribution in [-0.2, 0) is 62.3 Å². The minimum absolute atomic E-state index is 0.238. The molecular weight excluding hydrogens is 1880 g/mol. The van der Waals surface area contributed by atoms with Crippen molar-refractivity contribution in [3.63, 3.8) is 0 Å². The van der Waals surface area contributed by atoms with Crippen molar-refractivity contribution in [2.75, 3.05) is 14.2 Å². The van der Waals surface area contributed by atoms with Crippen LogP contribution in [0, 0.1) is 6.92 Å². The van der Waals surface area contributed by atoms with Crippen molar-refractivity contribution >= 4 is 175 Å². The first kappa shape index (κ1) is 95.3. The Hall–Kier alpha value is -6.40. The topological polar surface area (TPSA) is 140 Å². The van der Waals surface area contributed by atoms with Crippen LogP contribution in [0.4, 0.5) is 26.3 Å². The van der Waals surface area contributed by atoms with Crippen LogP contribution in [0.1, 0.15) is 95.8 Å². The number of aryl methyl sites for hydroxylation is 1. The second-order valence-electron chi connectivity index (χ2n) is 28.6. The van der Waals surface area contributed by atoms with E-state index in [1.165, 1.54) is 72.1 Å². The van der Waals surface area contributed by atoms with Gasteiger partial charge in [0.05, 0.1) is 46.1 Å². The summed E-state index contributed by atoms with van der Waals surface area (Å²) in [4.78, 5) is 11.6. The minimum Gasteiger partial charge on any atom is -0.385 e. The number of methoxy groups -OCH3 is 2. The molecule has 0 amide bonds. The van der Waals surface area contributed by atoms with E-state index in [1.807, 2.05) is 170 Å². The van der Waals surface area contributed by atoms with E-state index in [4.69, 9.17) is 32.7 Å². The lowest BCUT2D eigenvalue weighted by atomic mass is 9.88. The maximum atomic E-state index is 12.8. The van der Waals surface area contributed by atoms with Gasteiger partial charge in [-0.05, 0) is 231 Å². The van der Waals surface area contributed by atoms with Crippen LogP contribution in [0.3, 0.4) is 0 Å².